The van der Waals surface area contributed by atoms with Crippen molar-refractivity contribution in [3.05, 3.63) is 54.2 Å². The van der Waals surface area contributed by atoms with Crippen LogP contribution in [0.4, 0.5) is 11.5 Å². The second-order valence-electron chi connectivity index (χ2n) is 3.31. The summed E-state index contributed by atoms with van der Waals surface area (Å²) in [5.74, 6) is 0.542. The molecule has 76 valence electrons. The van der Waals surface area contributed by atoms with E-state index >= 15 is 0 Å². The molecular weight excluding hydrogens is 186 g/mol. The van der Waals surface area contributed by atoms with Gasteiger partial charge in [-0.05, 0) is 17.7 Å². The van der Waals surface area contributed by atoms with E-state index < -0.39 is 0 Å². The van der Waals surface area contributed by atoms with Gasteiger partial charge in [0, 0.05) is 6.54 Å². The summed E-state index contributed by atoms with van der Waals surface area (Å²) in [6.45, 7) is 0.798. The molecule has 0 unspecified atom stereocenters. The van der Waals surface area contributed by atoms with Crippen molar-refractivity contribution < 1.29 is 0 Å². The van der Waals surface area contributed by atoms with Gasteiger partial charge in [-0.25, -0.2) is 4.98 Å². The van der Waals surface area contributed by atoms with Gasteiger partial charge in [0.25, 0.3) is 0 Å². The van der Waals surface area contributed by atoms with E-state index in [2.05, 4.69) is 22.4 Å². The minimum absolute atomic E-state index is 0.542. The number of aromatic nitrogens is 1. The third kappa shape index (κ3) is 2.71. The molecule has 1 heterocycles. The molecule has 0 atom stereocenters. The summed E-state index contributed by atoms with van der Waals surface area (Å²) < 4.78 is 0. The van der Waals surface area contributed by atoms with Crippen molar-refractivity contribution in [1.82, 2.24) is 4.98 Å². The van der Waals surface area contributed by atoms with Crippen LogP contribution in [-0.4, -0.2) is 4.98 Å². The Kier molecular flexibility index (Phi) is 2.83. The van der Waals surface area contributed by atoms with Crippen LogP contribution in [0.2, 0.25) is 0 Å². The van der Waals surface area contributed by atoms with E-state index in [1.54, 1.807) is 12.3 Å². The summed E-state index contributed by atoms with van der Waals surface area (Å²) in [6.07, 6.45) is 1.73. The van der Waals surface area contributed by atoms with Crippen molar-refractivity contribution in [1.29, 1.82) is 0 Å². The molecule has 0 spiro atoms. The van der Waals surface area contributed by atoms with Gasteiger partial charge in [-0.2, -0.15) is 0 Å². The molecule has 0 saturated carbocycles. The fourth-order valence-corrected chi connectivity index (χ4v) is 1.31. The summed E-state index contributed by atoms with van der Waals surface area (Å²) in [5, 5.41) is 3.27. The number of nitrogen functional groups attached to an aromatic ring is 1. The van der Waals surface area contributed by atoms with Crippen molar-refractivity contribution in [2.24, 2.45) is 0 Å². The number of nitrogens with zero attached hydrogens (tertiary/aromatic N) is 1. The van der Waals surface area contributed by atoms with Gasteiger partial charge in [0.05, 0.1) is 11.9 Å². The predicted molar refractivity (Wildman–Crippen MR) is 62.4 cm³/mol. The number of hydrogen-bond donors (Lipinski definition) is 2. The van der Waals surface area contributed by atoms with Gasteiger partial charge in [0.1, 0.15) is 5.82 Å². The quantitative estimate of drug-likeness (QED) is 0.797. The Hall–Kier alpha value is -2.03. The predicted octanol–water partition coefficient (Wildman–Crippen LogP) is 2.28. The molecular formula is C12H13N3. The fraction of sp³-hybridized carbons (Fsp3) is 0.0833. The summed E-state index contributed by atoms with van der Waals surface area (Å²) in [6, 6.07) is 13.9. The molecule has 1 aromatic heterocycles. The molecule has 0 aliphatic heterocycles. The van der Waals surface area contributed by atoms with Crippen molar-refractivity contribution in [2.75, 3.05) is 11.1 Å². The van der Waals surface area contributed by atoms with Crippen LogP contribution in [0.3, 0.4) is 0 Å². The molecule has 0 radical (unpaired) electrons. The number of anilines is 2. The average molecular weight is 199 g/mol. The van der Waals surface area contributed by atoms with Gasteiger partial charge < -0.3 is 11.1 Å². The van der Waals surface area contributed by atoms with E-state index in [-0.39, 0.29) is 0 Å². The second kappa shape index (κ2) is 4.46. The Morgan fingerprint density at radius 2 is 1.87 bits per heavy atom. The third-order valence-corrected chi connectivity index (χ3v) is 2.13. The van der Waals surface area contributed by atoms with Gasteiger partial charge in [-0.3, -0.25) is 0 Å². The maximum atomic E-state index is 5.50. The van der Waals surface area contributed by atoms with Crippen LogP contribution < -0.4 is 11.1 Å². The Bertz CT molecular complexity index is 409. The Labute approximate surface area is 89.0 Å². The number of rotatable bonds is 3. The molecule has 3 N–H and O–H groups in total. The van der Waals surface area contributed by atoms with Crippen molar-refractivity contribution >= 4 is 11.5 Å². The highest BCUT2D eigenvalue weighted by Crippen LogP contribution is 2.09. The zero-order valence-electron chi connectivity index (χ0n) is 8.35. The number of nitrogens with two attached hydrogens (primary N) is 1. The molecule has 0 aliphatic rings. The van der Waals surface area contributed by atoms with Gasteiger partial charge in [-0.1, -0.05) is 30.3 Å². The van der Waals surface area contributed by atoms with Crippen LogP contribution in [0.25, 0.3) is 0 Å². The van der Waals surface area contributed by atoms with Crippen LogP contribution in [0.5, 0.6) is 0 Å². The van der Waals surface area contributed by atoms with Crippen LogP contribution in [0, 0.1) is 0 Å². The molecule has 3 nitrogen and oxygen atoms in total. The van der Waals surface area contributed by atoms with Crippen molar-refractivity contribution in [2.45, 2.75) is 6.54 Å². The molecule has 0 amide bonds. The minimum atomic E-state index is 0.542. The lowest BCUT2D eigenvalue weighted by Gasteiger charge is -2.05. The highest BCUT2D eigenvalue weighted by Gasteiger charge is 1.93. The van der Waals surface area contributed by atoms with E-state index in [0.717, 1.165) is 12.2 Å². The maximum Gasteiger partial charge on any atom is 0.123 e. The van der Waals surface area contributed by atoms with Gasteiger partial charge in [0.2, 0.25) is 0 Å². The Morgan fingerprint density at radius 1 is 1.07 bits per heavy atom. The highest BCUT2D eigenvalue weighted by molar-refractivity contribution is 5.45. The molecule has 0 fully saturated rings. The van der Waals surface area contributed by atoms with Gasteiger partial charge in [-0.15, -0.1) is 0 Å². The smallest absolute Gasteiger partial charge is 0.123 e. The molecule has 2 rings (SSSR count). The Morgan fingerprint density at radius 3 is 2.53 bits per heavy atom. The summed E-state index contributed by atoms with van der Waals surface area (Å²) in [4.78, 5) is 4.01. The van der Waals surface area contributed by atoms with E-state index in [1.165, 1.54) is 5.56 Å². The first-order chi connectivity index (χ1) is 7.34. The van der Waals surface area contributed by atoms with Crippen molar-refractivity contribution in [3.63, 3.8) is 0 Å². The average Bonchev–Trinajstić information content (AvgIpc) is 2.30. The van der Waals surface area contributed by atoms with Crippen molar-refractivity contribution in [3.8, 4) is 0 Å². The van der Waals surface area contributed by atoms with Gasteiger partial charge in [0.15, 0.2) is 0 Å². The molecule has 0 bridgehead atoms. The molecule has 0 aliphatic carbocycles. The lowest BCUT2D eigenvalue weighted by atomic mass is 10.2. The lowest BCUT2D eigenvalue weighted by molar-refractivity contribution is 1.14. The number of benzene rings is 1. The second-order valence-corrected chi connectivity index (χ2v) is 3.31. The van der Waals surface area contributed by atoms with Crippen LogP contribution >= 0.6 is 0 Å². The van der Waals surface area contributed by atoms with E-state index in [4.69, 9.17) is 5.73 Å². The number of nitrogens with one attached hydrogen (secondary N) is 1. The van der Waals surface area contributed by atoms with E-state index in [9.17, 15) is 0 Å². The SMILES string of the molecule is Nc1ccc(NCc2ccccc2)cn1. The Balaban J connectivity index is 1.96. The van der Waals surface area contributed by atoms with Crippen LogP contribution in [0.15, 0.2) is 48.7 Å². The molecule has 15 heavy (non-hydrogen) atoms. The molecule has 3 heteroatoms. The van der Waals surface area contributed by atoms with Gasteiger partial charge >= 0.3 is 0 Å². The molecule has 1 aromatic carbocycles. The third-order valence-electron chi connectivity index (χ3n) is 2.13. The summed E-state index contributed by atoms with van der Waals surface area (Å²) in [5.41, 5.74) is 7.72. The van der Waals surface area contributed by atoms with E-state index in [0.29, 0.717) is 5.82 Å². The van der Waals surface area contributed by atoms with E-state index in [1.807, 2.05) is 24.3 Å². The maximum absolute atomic E-state index is 5.50. The first-order valence-corrected chi connectivity index (χ1v) is 4.84. The monoisotopic (exact) mass is 199 g/mol. The lowest BCUT2D eigenvalue weighted by Crippen LogP contribution is -2.00. The number of pyridine rings is 1. The largest absolute Gasteiger partial charge is 0.384 e. The first kappa shape index (κ1) is 9.52. The zero-order valence-corrected chi connectivity index (χ0v) is 8.35. The minimum Gasteiger partial charge on any atom is -0.384 e. The first-order valence-electron chi connectivity index (χ1n) is 4.84. The van der Waals surface area contributed by atoms with Crippen LogP contribution in [-0.2, 0) is 6.54 Å². The van der Waals surface area contributed by atoms with Crippen LogP contribution in [0.1, 0.15) is 5.56 Å². The number of hydrogen-bond acceptors (Lipinski definition) is 3. The summed E-state index contributed by atoms with van der Waals surface area (Å²) >= 11 is 0. The summed E-state index contributed by atoms with van der Waals surface area (Å²) in [7, 11) is 0. The highest BCUT2D eigenvalue weighted by atomic mass is 14.9. The standard InChI is InChI=1S/C12H13N3/c13-12-7-6-11(9-15-12)14-8-10-4-2-1-3-5-10/h1-7,9,14H,8H2,(H2,13,15). The topological polar surface area (TPSA) is 50.9 Å². The zero-order chi connectivity index (χ0) is 10.5. The molecule has 0 saturated heterocycles. The molecule has 2 aromatic rings. The normalized spacial score (nSPS) is 9.87. The fourth-order valence-electron chi connectivity index (χ4n) is 1.31.